The molecule has 0 saturated carbocycles. The number of Topliss-reactive ketones (excluding diaryl/α,β-unsaturated/α-hetero) is 1. The third kappa shape index (κ3) is 2.71. The standard InChI is InChI=1S/C15H8BrNO3S/c16-11-5-9(6-12-15(11)20-8-19-12)4-10(7-17)14(18)13-2-1-3-21-13/h1-6H,8H2/b10-4+. The van der Waals surface area contributed by atoms with Crippen LogP contribution in [0.3, 0.4) is 0 Å². The highest BCUT2D eigenvalue weighted by Crippen LogP contribution is 2.40. The number of benzene rings is 1. The van der Waals surface area contributed by atoms with Gasteiger partial charge in [-0.05, 0) is 51.1 Å². The number of halogens is 1. The van der Waals surface area contributed by atoms with Gasteiger partial charge in [0.1, 0.15) is 11.6 Å². The van der Waals surface area contributed by atoms with Crippen molar-refractivity contribution in [2.24, 2.45) is 0 Å². The molecule has 0 spiro atoms. The van der Waals surface area contributed by atoms with Crippen LogP contribution in [0.1, 0.15) is 15.2 Å². The van der Waals surface area contributed by atoms with Crippen molar-refractivity contribution >= 4 is 39.1 Å². The van der Waals surface area contributed by atoms with Crippen molar-refractivity contribution in [3.8, 4) is 17.6 Å². The zero-order chi connectivity index (χ0) is 14.8. The van der Waals surface area contributed by atoms with Crippen LogP contribution in [0.5, 0.6) is 11.5 Å². The zero-order valence-electron chi connectivity index (χ0n) is 10.6. The molecule has 0 unspecified atom stereocenters. The fourth-order valence-corrected chi connectivity index (χ4v) is 3.18. The lowest BCUT2D eigenvalue weighted by atomic mass is 10.1. The van der Waals surface area contributed by atoms with E-state index in [1.165, 1.54) is 11.3 Å². The molecule has 1 aliphatic rings. The van der Waals surface area contributed by atoms with E-state index in [4.69, 9.17) is 9.47 Å². The van der Waals surface area contributed by atoms with E-state index in [0.717, 1.165) is 4.47 Å². The van der Waals surface area contributed by atoms with Crippen LogP contribution < -0.4 is 9.47 Å². The van der Waals surface area contributed by atoms with E-state index in [1.54, 1.807) is 35.7 Å². The molecule has 4 nitrogen and oxygen atoms in total. The Bertz CT molecular complexity index is 775. The SMILES string of the molecule is N#C/C(=C\c1cc(Br)c2c(c1)OCO2)C(=O)c1cccs1. The molecule has 2 heterocycles. The number of ketones is 1. The summed E-state index contributed by atoms with van der Waals surface area (Å²) >= 11 is 4.70. The van der Waals surface area contributed by atoms with Gasteiger partial charge in [0.25, 0.3) is 0 Å². The molecule has 0 saturated heterocycles. The summed E-state index contributed by atoms with van der Waals surface area (Å²) in [6.07, 6.45) is 1.55. The van der Waals surface area contributed by atoms with Gasteiger partial charge in [-0.15, -0.1) is 11.3 Å². The Balaban J connectivity index is 1.98. The van der Waals surface area contributed by atoms with Gasteiger partial charge in [-0.1, -0.05) is 6.07 Å². The van der Waals surface area contributed by atoms with Gasteiger partial charge in [0, 0.05) is 0 Å². The van der Waals surface area contributed by atoms with E-state index in [-0.39, 0.29) is 18.1 Å². The van der Waals surface area contributed by atoms with Gasteiger partial charge >= 0.3 is 0 Å². The number of hydrogen-bond donors (Lipinski definition) is 0. The Labute approximate surface area is 133 Å². The van der Waals surface area contributed by atoms with Crippen molar-refractivity contribution in [1.82, 2.24) is 0 Å². The van der Waals surface area contributed by atoms with Gasteiger partial charge in [-0.3, -0.25) is 4.79 Å². The largest absolute Gasteiger partial charge is 0.454 e. The quantitative estimate of drug-likeness (QED) is 0.470. The highest BCUT2D eigenvalue weighted by atomic mass is 79.9. The zero-order valence-corrected chi connectivity index (χ0v) is 13.0. The molecule has 0 fully saturated rings. The molecule has 2 aromatic rings. The van der Waals surface area contributed by atoms with Gasteiger partial charge in [0.05, 0.1) is 9.35 Å². The monoisotopic (exact) mass is 361 g/mol. The minimum absolute atomic E-state index is 0.0863. The first-order chi connectivity index (χ1) is 10.2. The normalized spacial score (nSPS) is 13.0. The van der Waals surface area contributed by atoms with Crippen LogP contribution in [-0.2, 0) is 0 Å². The van der Waals surface area contributed by atoms with Gasteiger partial charge in [-0.25, -0.2) is 0 Å². The van der Waals surface area contributed by atoms with Crippen LogP contribution in [0.25, 0.3) is 6.08 Å². The van der Waals surface area contributed by atoms with E-state index in [2.05, 4.69) is 15.9 Å². The van der Waals surface area contributed by atoms with Gasteiger partial charge in [0.15, 0.2) is 11.5 Å². The number of fused-ring (bicyclic) bond motifs is 1. The lowest BCUT2D eigenvalue weighted by Gasteiger charge is -2.02. The maximum absolute atomic E-state index is 12.2. The minimum Gasteiger partial charge on any atom is -0.454 e. The number of nitriles is 1. The van der Waals surface area contributed by atoms with Crippen molar-refractivity contribution in [2.75, 3.05) is 6.79 Å². The molecule has 0 N–H and O–H groups in total. The second-order valence-electron chi connectivity index (χ2n) is 4.21. The number of carbonyl (C=O) groups is 1. The van der Waals surface area contributed by atoms with Crippen LogP contribution >= 0.6 is 27.3 Å². The molecule has 21 heavy (non-hydrogen) atoms. The number of thiophene rings is 1. The van der Waals surface area contributed by atoms with E-state index in [9.17, 15) is 10.1 Å². The summed E-state index contributed by atoms with van der Waals surface area (Å²) in [5.41, 5.74) is 0.788. The van der Waals surface area contributed by atoms with Crippen LogP contribution in [0.2, 0.25) is 0 Å². The summed E-state index contributed by atoms with van der Waals surface area (Å²) in [6.45, 7) is 0.167. The molecule has 1 aromatic carbocycles. The summed E-state index contributed by atoms with van der Waals surface area (Å²) < 4.78 is 11.3. The Kier molecular flexibility index (Phi) is 3.78. The van der Waals surface area contributed by atoms with Crippen LogP contribution in [-0.4, -0.2) is 12.6 Å². The Morgan fingerprint density at radius 3 is 3.00 bits per heavy atom. The molecule has 0 bridgehead atoms. The molecule has 6 heteroatoms. The van der Waals surface area contributed by atoms with E-state index >= 15 is 0 Å². The molecule has 104 valence electrons. The van der Waals surface area contributed by atoms with Gasteiger partial charge in [-0.2, -0.15) is 5.26 Å². The molecule has 0 aliphatic carbocycles. The number of hydrogen-bond acceptors (Lipinski definition) is 5. The van der Waals surface area contributed by atoms with Crippen molar-refractivity contribution in [3.05, 3.63) is 50.1 Å². The Morgan fingerprint density at radius 1 is 1.43 bits per heavy atom. The Hall–Kier alpha value is -2.10. The maximum Gasteiger partial charge on any atom is 0.231 e. The second-order valence-corrected chi connectivity index (χ2v) is 6.01. The van der Waals surface area contributed by atoms with E-state index in [1.807, 2.05) is 6.07 Å². The summed E-state index contributed by atoms with van der Waals surface area (Å²) in [5.74, 6) is 0.952. The summed E-state index contributed by atoms with van der Waals surface area (Å²) in [5, 5.41) is 11.0. The average molecular weight is 362 g/mol. The molecular weight excluding hydrogens is 354 g/mol. The van der Waals surface area contributed by atoms with E-state index < -0.39 is 0 Å². The molecule has 3 rings (SSSR count). The van der Waals surface area contributed by atoms with Crippen molar-refractivity contribution in [3.63, 3.8) is 0 Å². The van der Waals surface area contributed by atoms with Gasteiger partial charge in [0.2, 0.25) is 12.6 Å². The van der Waals surface area contributed by atoms with Crippen molar-refractivity contribution in [2.45, 2.75) is 0 Å². The maximum atomic E-state index is 12.2. The smallest absolute Gasteiger partial charge is 0.231 e. The molecule has 1 aromatic heterocycles. The number of carbonyl (C=O) groups excluding carboxylic acids is 1. The predicted molar refractivity (Wildman–Crippen MR) is 82.5 cm³/mol. The third-order valence-corrected chi connectivity index (χ3v) is 4.33. The highest BCUT2D eigenvalue weighted by Gasteiger charge is 2.19. The molecule has 0 radical (unpaired) electrons. The number of ether oxygens (including phenoxy) is 2. The third-order valence-electron chi connectivity index (χ3n) is 2.87. The molecular formula is C15H8BrNO3S. The Morgan fingerprint density at radius 2 is 2.29 bits per heavy atom. The van der Waals surface area contributed by atoms with Crippen LogP contribution in [0.4, 0.5) is 0 Å². The predicted octanol–water partition coefficient (Wildman–Crippen LogP) is 4.03. The van der Waals surface area contributed by atoms with Crippen LogP contribution in [0, 0.1) is 11.3 Å². The van der Waals surface area contributed by atoms with Crippen molar-refractivity contribution < 1.29 is 14.3 Å². The second kappa shape index (κ2) is 5.72. The summed E-state index contributed by atoms with van der Waals surface area (Å²) in [4.78, 5) is 12.8. The fourth-order valence-electron chi connectivity index (χ4n) is 1.93. The fraction of sp³-hybridized carbons (Fsp3) is 0.0667. The summed E-state index contributed by atoms with van der Waals surface area (Å²) in [7, 11) is 0. The minimum atomic E-state index is -0.277. The molecule has 0 amide bonds. The molecule has 1 aliphatic heterocycles. The number of nitrogens with zero attached hydrogens (tertiary/aromatic N) is 1. The first-order valence-electron chi connectivity index (χ1n) is 5.98. The van der Waals surface area contributed by atoms with Gasteiger partial charge < -0.3 is 9.47 Å². The summed E-state index contributed by atoms with van der Waals surface area (Å²) in [6, 6.07) is 8.97. The number of allylic oxidation sites excluding steroid dienone is 1. The topological polar surface area (TPSA) is 59.3 Å². The first kappa shape index (κ1) is 13.9. The van der Waals surface area contributed by atoms with Crippen LogP contribution in [0.15, 0.2) is 39.7 Å². The van der Waals surface area contributed by atoms with Crippen molar-refractivity contribution in [1.29, 1.82) is 5.26 Å². The van der Waals surface area contributed by atoms with E-state index in [0.29, 0.717) is 21.9 Å². The highest BCUT2D eigenvalue weighted by molar-refractivity contribution is 9.10. The molecule has 0 atom stereocenters. The number of rotatable bonds is 3. The first-order valence-corrected chi connectivity index (χ1v) is 7.65. The average Bonchev–Trinajstić information content (AvgIpc) is 3.14. The lowest BCUT2D eigenvalue weighted by molar-refractivity contribution is 0.104. The lowest BCUT2D eigenvalue weighted by Crippen LogP contribution is -1.98.